The zero-order valence-electron chi connectivity index (χ0n) is 10.8. The summed E-state index contributed by atoms with van der Waals surface area (Å²) in [6.07, 6.45) is -0.751. The maximum absolute atomic E-state index is 13.2. The van der Waals surface area contributed by atoms with Crippen LogP contribution in [0.3, 0.4) is 0 Å². The Morgan fingerprint density at radius 3 is 2.72 bits per heavy atom. The standard InChI is InChI=1S/C13H18FNO3/c1-9-4-10(6-11(14)5-9)13(17)15(2)7-12(16)8-18-3/h4-6,12,16H,7-8H2,1-3H3/t12-/m0/s1. The molecular formula is C13H18FNO3. The number of benzene rings is 1. The molecule has 0 unspecified atom stereocenters. The normalized spacial score (nSPS) is 12.3. The molecule has 4 nitrogen and oxygen atoms in total. The van der Waals surface area contributed by atoms with Crippen molar-refractivity contribution in [2.75, 3.05) is 27.3 Å². The molecule has 5 heteroatoms. The molecule has 0 spiro atoms. The Bertz CT molecular complexity index is 402. The first kappa shape index (κ1) is 14.6. The van der Waals surface area contributed by atoms with Crippen molar-refractivity contribution in [2.24, 2.45) is 0 Å². The van der Waals surface area contributed by atoms with Crippen molar-refractivity contribution in [2.45, 2.75) is 13.0 Å². The smallest absolute Gasteiger partial charge is 0.253 e. The van der Waals surface area contributed by atoms with Crippen LogP contribution in [0.5, 0.6) is 0 Å². The van der Waals surface area contributed by atoms with E-state index in [-0.39, 0.29) is 24.6 Å². The third-order valence-corrected chi connectivity index (χ3v) is 2.48. The van der Waals surface area contributed by atoms with Gasteiger partial charge in [-0.05, 0) is 30.7 Å². The van der Waals surface area contributed by atoms with Crippen molar-refractivity contribution < 1.29 is 19.0 Å². The van der Waals surface area contributed by atoms with Gasteiger partial charge < -0.3 is 14.7 Å². The summed E-state index contributed by atoms with van der Waals surface area (Å²) in [5, 5.41) is 9.53. The Morgan fingerprint density at radius 1 is 1.50 bits per heavy atom. The Labute approximate surface area is 106 Å². The fraction of sp³-hybridized carbons (Fsp3) is 0.462. The van der Waals surface area contributed by atoms with Crippen molar-refractivity contribution in [3.8, 4) is 0 Å². The molecule has 100 valence electrons. The summed E-state index contributed by atoms with van der Waals surface area (Å²) in [4.78, 5) is 13.3. The summed E-state index contributed by atoms with van der Waals surface area (Å²) in [6, 6.07) is 4.16. The number of hydrogen-bond donors (Lipinski definition) is 1. The fourth-order valence-electron chi connectivity index (χ4n) is 1.72. The van der Waals surface area contributed by atoms with E-state index < -0.39 is 11.9 Å². The molecule has 0 aromatic heterocycles. The summed E-state index contributed by atoms with van der Waals surface area (Å²) < 4.78 is 18.0. The number of aliphatic hydroxyl groups excluding tert-OH is 1. The van der Waals surface area contributed by atoms with Gasteiger partial charge in [-0.3, -0.25) is 4.79 Å². The van der Waals surface area contributed by atoms with E-state index in [4.69, 9.17) is 4.74 Å². The summed E-state index contributed by atoms with van der Waals surface area (Å²) in [5.74, 6) is -0.767. The van der Waals surface area contributed by atoms with E-state index in [2.05, 4.69) is 0 Å². The largest absolute Gasteiger partial charge is 0.389 e. The molecule has 0 bridgehead atoms. The fourth-order valence-corrected chi connectivity index (χ4v) is 1.72. The highest BCUT2D eigenvalue weighted by atomic mass is 19.1. The topological polar surface area (TPSA) is 49.8 Å². The molecule has 0 aliphatic heterocycles. The summed E-state index contributed by atoms with van der Waals surface area (Å²) in [7, 11) is 3.03. The van der Waals surface area contributed by atoms with Crippen LogP contribution in [0.4, 0.5) is 4.39 Å². The monoisotopic (exact) mass is 255 g/mol. The van der Waals surface area contributed by atoms with Gasteiger partial charge in [0.2, 0.25) is 0 Å². The van der Waals surface area contributed by atoms with E-state index in [0.717, 1.165) is 0 Å². The third-order valence-electron chi connectivity index (χ3n) is 2.48. The number of aliphatic hydroxyl groups is 1. The summed E-state index contributed by atoms with van der Waals surface area (Å²) >= 11 is 0. The van der Waals surface area contributed by atoms with Gasteiger partial charge in [-0.1, -0.05) is 0 Å². The molecule has 0 fully saturated rings. The second-order valence-electron chi connectivity index (χ2n) is 4.31. The summed E-state index contributed by atoms with van der Waals surface area (Å²) in [6.45, 7) is 2.02. The second kappa shape index (κ2) is 6.47. The van der Waals surface area contributed by atoms with Gasteiger partial charge in [0.1, 0.15) is 5.82 Å². The zero-order valence-corrected chi connectivity index (χ0v) is 10.8. The predicted octanol–water partition coefficient (Wildman–Crippen LogP) is 1.21. The van der Waals surface area contributed by atoms with E-state index in [0.29, 0.717) is 5.56 Å². The van der Waals surface area contributed by atoms with E-state index in [1.54, 1.807) is 20.0 Å². The highest BCUT2D eigenvalue weighted by Crippen LogP contribution is 2.10. The number of likely N-dealkylation sites (N-methyl/N-ethyl adjacent to an activating group) is 1. The number of carbonyl (C=O) groups excluding carboxylic acids is 1. The number of rotatable bonds is 5. The van der Waals surface area contributed by atoms with Gasteiger partial charge in [0.15, 0.2) is 0 Å². The second-order valence-corrected chi connectivity index (χ2v) is 4.31. The third kappa shape index (κ3) is 4.09. The molecule has 0 saturated heterocycles. The lowest BCUT2D eigenvalue weighted by molar-refractivity contribution is 0.0380. The van der Waals surface area contributed by atoms with Crippen LogP contribution in [-0.4, -0.2) is 49.3 Å². The molecule has 1 N–H and O–H groups in total. The lowest BCUT2D eigenvalue weighted by Gasteiger charge is -2.20. The minimum atomic E-state index is -0.751. The number of carbonyl (C=O) groups is 1. The molecule has 0 heterocycles. The van der Waals surface area contributed by atoms with Gasteiger partial charge in [0.25, 0.3) is 5.91 Å². The van der Waals surface area contributed by atoms with Gasteiger partial charge in [0.05, 0.1) is 12.7 Å². The summed E-state index contributed by atoms with van der Waals surface area (Å²) in [5.41, 5.74) is 0.962. The van der Waals surface area contributed by atoms with Crippen LogP contribution in [-0.2, 0) is 4.74 Å². The number of hydrogen-bond acceptors (Lipinski definition) is 3. The molecule has 1 atom stereocenters. The molecule has 0 saturated carbocycles. The first-order chi connectivity index (χ1) is 8.43. The number of aryl methyl sites for hydroxylation is 1. The Kier molecular flexibility index (Phi) is 5.25. The molecule has 0 aliphatic rings. The van der Waals surface area contributed by atoms with Crippen molar-refractivity contribution in [3.63, 3.8) is 0 Å². The van der Waals surface area contributed by atoms with Crippen molar-refractivity contribution in [1.29, 1.82) is 0 Å². The van der Waals surface area contributed by atoms with Crippen molar-refractivity contribution >= 4 is 5.91 Å². The Balaban J connectivity index is 2.74. The van der Waals surface area contributed by atoms with E-state index in [1.807, 2.05) is 0 Å². The minimum absolute atomic E-state index is 0.141. The van der Waals surface area contributed by atoms with Crippen LogP contribution < -0.4 is 0 Å². The van der Waals surface area contributed by atoms with Crippen LogP contribution in [0.25, 0.3) is 0 Å². The SMILES string of the molecule is COC[C@@H](O)CN(C)C(=O)c1cc(C)cc(F)c1. The number of ether oxygens (including phenoxy) is 1. The maximum Gasteiger partial charge on any atom is 0.253 e. The predicted molar refractivity (Wildman–Crippen MR) is 66.0 cm³/mol. The molecule has 1 rings (SSSR count). The van der Waals surface area contributed by atoms with Gasteiger partial charge in [-0.25, -0.2) is 4.39 Å². The van der Waals surface area contributed by atoms with E-state index in [1.165, 1.54) is 24.1 Å². The average Bonchev–Trinajstić information content (AvgIpc) is 2.26. The number of halogens is 1. The molecule has 1 aromatic carbocycles. The van der Waals surface area contributed by atoms with Crippen LogP contribution in [0.1, 0.15) is 15.9 Å². The Morgan fingerprint density at radius 2 is 2.17 bits per heavy atom. The van der Waals surface area contributed by atoms with Gasteiger partial charge in [-0.15, -0.1) is 0 Å². The van der Waals surface area contributed by atoms with Crippen molar-refractivity contribution in [3.05, 3.63) is 35.1 Å². The van der Waals surface area contributed by atoms with Gasteiger partial charge >= 0.3 is 0 Å². The van der Waals surface area contributed by atoms with Gasteiger partial charge in [0, 0.05) is 26.3 Å². The minimum Gasteiger partial charge on any atom is -0.389 e. The molecule has 1 aromatic rings. The van der Waals surface area contributed by atoms with E-state index >= 15 is 0 Å². The lowest BCUT2D eigenvalue weighted by Crippen LogP contribution is -2.36. The quantitative estimate of drug-likeness (QED) is 0.860. The van der Waals surface area contributed by atoms with Crippen LogP contribution in [0.15, 0.2) is 18.2 Å². The molecule has 0 radical (unpaired) electrons. The zero-order chi connectivity index (χ0) is 13.7. The van der Waals surface area contributed by atoms with Crippen LogP contribution in [0.2, 0.25) is 0 Å². The molecule has 0 aliphatic carbocycles. The molecular weight excluding hydrogens is 237 g/mol. The number of methoxy groups -OCH3 is 1. The lowest BCUT2D eigenvalue weighted by atomic mass is 10.1. The number of nitrogens with zero attached hydrogens (tertiary/aromatic N) is 1. The van der Waals surface area contributed by atoms with Crippen molar-refractivity contribution in [1.82, 2.24) is 4.90 Å². The average molecular weight is 255 g/mol. The van der Waals surface area contributed by atoms with Crippen LogP contribution in [0, 0.1) is 12.7 Å². The van der Waals surface area contributed by atoms with E-state index in [9.17, 15) is 14.3 Å². The highest BCUT2D eigenvalue weighted by molar-refractivity contribution is 5.94. The maximum atomic E-state index is 13.2. The Hall–Kier alpha value is -1.46. The van der Waals surface area contributed by atoms with Crippen LogP contribution >= 0.6 is 0 Å². The molecule has 1 amide bonds. The first-order valence-electron chi connectivity index (χ1n) is 5.63. The first-order valence-corrected chi connectivity index (χ1v) is 5.63. The van der Waals surface area contributed by atoms with Gasteiger partial charge in [-0.2, -0.15) is 0 Å². The highest BCUT2D eigenvalue weighted by Gasteiger charge is 2.16. The molecule has 18 heavy (non-hydrogen) atoms. The number of amides is 1.